The fourth-order valence-corrected chi connectivity index (χ4v) is 3.76. The molecule has 100 valence electrons. The summed E-state index contributed by atoms with van der Waals surface area (Å²) in [5, 5.41) is 3.15. The third-order valence-corrected chi connectivity index (χ3v) is 5.07. The summed E-state index contributed by atoms with van der Waals surface area (Å²) in [5.41, 5.74) is 0. The molecule has 1 aliphatic rings. The number of nitrogens with one attached hydrogen (secondary N) is 2. The normalized spacial score (nSPS) is 20.8. The van der Waals surface area contributed by atoms with Crippen LogP contribution in [0.25, 0.3) is 0 Å². The zero-order chi connectivity index (χ0) is 13.0. The number of hydrogen-bond acceptors (Lipinski definition) is 4. The predicted molar refractivity (Wildman–Crippen MR) is 71.9 cm³/mol. The molecule has 1 unspecified atom stereocenters. The fourth-order valence-electron chi connectivity index (χ4n) is 1.69. The van der Waals surface area contributed by atoms with Crippen molar-refractivity contribution in [2.45, 2.75) is 11.0 Å². The molecule has 2 N–H and O–H groups in total. The van der Waals surface area contributed by atoms with Crippen molar-refractivity contribution in [1.29, 1.82) is 0 Å². The lowest BCUT2D eigenvalue weighted by Gasteiger charge is -2.23. The largest absolute Gasteiger partial charge is 0.374 e. The fraction of sp³-hybridized carbons (Fsp3) is 0.455. The van der Waals surface area contributed by atoms with Gasteiger partial charge in [-0.05, 0) is 28.1 Å². The Morgan fingerprint density at radius 1 is 1.44 bits per heavy atom. The van der Waals surface area contributed by atoms with Crippen molar-refractivity contribution in [2.24, 2.45) is 0 Å². The van der Waals surface area contributed by atoms with E-state index >= 15 is 0 Å². The average Bonchev–Trinajstić information content (AvgIpc) is 2.38. The highest BCUT2D eigenvalue weighted by molar-refractivity contribution is 9.10. The van der Waals surface area contributed by atoms with Gasteiger partial charge in [0.2, 0.25) is 10.0 Å². The first-order chi connectivity index (χ1) is 8.59. The van der Waals surface area contributed by atoms with Gasteiger partial charge in [-0.3, -0.25) is 0 Å². The second-order valence-electron chi connectivity index (χ2n) is 3.98. The topological polar surface area (TPSA) is 67.4 Å². The van der Waals surface area contributed by atoms with Gasteiger partial charge in [-0.15, -0.1) is 0 Å². The summed E-state index contributed by atoms with van der Waals surface area (Å²) in [6.07, 6.45) is -0.115. The molecule has 5 nitrogen and oxygen atoms in total. The summed E-state index contributed by atoms with van der Waals surface area (Å²) in [6, 6.07) is 6.73. The van der Waals surface area contributed by atoms with Crippen LogP contribution in [0.4, 0.5) is 0 Å². The van der Waals surface area contributed by atoms with Crippen molar-refractivity contribution in [3.8, 4) is 0 Å². The van der Waals surface area contributed by atoms with Crippen molar-refractivity contribution in [3.05, 3.63) is 28.7 Å². The molecule has 0 amide bonds. The minimum Gasteiger partial charge on any atom is -0.374 e. The highest BCUT2D eigenvalue weighted by Crippen LogP contribution is 2.20. The van der Waals surface area contributed by atoms with E-state index in [2.05, 4.69) is 26.0 Å². The first-order valence-electron chi connectivity index (χ1n) is 5.66. The van der Waals surface area contributed by atoms with Crippen LogP contribution in [0.15, 0.2) is 33.6 Å². The monoisotopic (exact) mass is 334 g/mol. The molecule has 0 radical (unpaired) electrons. The van der Waals surface area contributed by atoms with E-state index < -0.39 is 10.0 Å². The van der Waals surface area contributed by atoms with E-state index in [0.717, 1.165) is 6.54 Å². The number of morpholine rings is 1. The van der Waals surface area contributed by atoms with E-state index in [1.165, 1.54) is 0 Å². The number of halogens is 1. The smallest absolute Gasteiger partial charge is 0.241 e. The van der Waals surface area contributed by atoms with Crippen molar-refractivity contribution in [2.75, 3.05) is 26.2 Å². The average molecular weight is 335 g/mol. The lowest BCUT2D eigenvalue weighted by Crippen LogP contribution is -2.45. The first kappa shape index (κ1) is 14.0. The van der Waals surface area contributed by atoms with Gasteiger partial charge in [0.1, 0.15) is 0 Å². The molecule has 1 aliphatic heterocycles. The van der Waals surface area contributed by atoms with Crippen LogP contribution in [0.2, 0.25) is 0 Å². The molecular formula is C11H15BrN2O3S. The summed E-state index contributed by atoms with van der Waals surface area (Å²) in [7, 11) is -3.49. The van der Waals surface area contributed by atoms with Crippen LogP contribution >= 0.6 is 15.9 Å². The summed E-state index contributed by atoms with van der Waals surface area (Å²) in [6.45, 7) is 2.37. The van der Waals surface area contributed by atoms with Gasteiger partial charge >= 0.3 is 0 Å². The molecule has 1 aromatic carbocycles. The van der Waals surface area contributed by atoms with Gasteiger partial charge in [-0.2, -0.15) is 0 Å². The van der Waals surface area contributed by atoms with Crippen LogP contribution in [-0.4, -0.2) is 40.8 Å². The summed E-state index contributed by atoms with van der Waals surface area (Å²) >= 11 is 3.24. The Morgan fingerprint density at radius 2 is 2.22 bits per heavy atom. The third-order valence-electron chi connectivity index (χ3n) is 2.63. The summed E-state index contributed by atoms with van der Waals surface area (Å²) in [5.74, 6) is 0. The number of hydrogen-bond donors (Lipinski definition) is 2. The minimum atomic E-state index is -3.49. The maximum absolute atomic E-state index is 12.1. The molecule has 1 saturated heterocycles. The molecule has 1 atom stereocenters. The van der Waals surface area contributed by atoms with Crippen LogP contribution in [-0.2, 0) is 14.8 Å². The van der Waals surface area contributed by atoms with Crippen LogP contribution in [0.3, 0.4) is 0 Å². The maximum atomic E-state index is 12.1. The second-order valence-corrected chi connectivity index (χ2v) is 6.57. The molecule has 7 heteroatoms. The van der Waals surface area contributed by atoms with Gasteiger partial charge < -0.3 is 10.1 Å². The van der Waals surface area contributed by atoms with E-state index in [0.29, 0.717) is 17.6 Å². The Labute approximate surface area is 115 Å². The van der Waals surface area contributed by atoms with Crippen LogP contribution in [0, 0.1) is 0 Å². The van der Waals surface area contributed by atoms with Gasteiger partial charge in [-0.25, -0.2) is 13.1 Å². The van der Waals surface area contributed by atoms with Crippen LogP contribution < -0.4 is 10.0 Å². The molecule has 1 fully saturated rings. The molecule has 0 aromatic heterocycles. The first-order valence-corrected chi connectivity index (χ1v) is 7.94. The van der Waals surface area contributed by atoms with Crippen molar-refractivity contribution >= 4 is 26.0 Å². The Balaban J connectivity index is 2.01. The quantitative estimate of drug-likeness (QED) is 0.851. The van der Waals surface area contributed by atoms with Gasteiger partial charge in [0.15, 0.2) is 0 Å². The highest BCUT2D eigenvalue weighted by Gasteiger charge is 2.20. The molecule has 0 bridgehead atoms. The van der Waals surface area contributed by atoms with Crippen molar-refractivity contribution < 1.29 is 13.2 Å². The van der Waals surface area contributed by atoms with Gasteiger partial charge in [0.25, 0.3) is 0 Å². The van der Waals surface area contributed by atoms with Gasteiger partial charge in [0, 0.05) is 24.1 Å². The Kier molecular flexibility index (Phi) is 4.74. The van der Waals surface area contributed by atoms with Gasteiger partial charge in [0.05, 0.1) is 17.6 Å². The third kappa shape index (κ3) is 3.52. The molecule has 2 rings (SSSR count). The van der Waals surface area contributed by atoms with E-state index in [9.17, 15) is 8.42 Å². The van der Waals surface area contributed by atoms with E-state index in [1.54, 1.807) is 24.3 Å². The zero-order valence-electron chi connectivity index (χ0n) is 9.73. The Bertz CT molecular complexity index is 501. The Hall–Kier alpha value is -0.470. The SMILES string of the molecule is O=S(=O)(NCC1CNCCO1)c1ccccc1Br. The second kappa shape index (κ2) is 6.12. The maximum Gasteiger partial charge on any atom is 0.241 e. The number of ether oxygens (including phenoxy) is 1. The van der Waals surface area contributed by atoms with Crippen LogP contribution in [0.5, 0.6) is 0 Å². The molecule has 1 aromatic rings. The lowest BCUT2D eigenvalue weighted by atomic mass is 10.3. The molecule has 0 aliphatic carbocycles. The number of rotatable bonds is 4. The van der Waals surface area contributed by atoms with Crippen molar-refractivity contribution in [3.63, 3.8) is 0 Å². The highest BCUT2D eigenvalue weighted by atomic mass is 79.9. The van der Waals surface area contributed by atoms with E-state index in [-0.39, 0.29) is 17.5 Å². The molecule has 0 saturated carbocycles. The Morgan fingerprint density at radius 3 is 2.89 bits per heavy atom. The van der Waals surface area contributed by atoms with E-state index in [4.69, 9.17) is 4.74 Å². The standard InChI is InChI=1S/C11H15BrN2O3S/c12-10-3-1-2-4-11(10)18(15,16)14-8-9-7-13-5-6-17-9/h1-4,9,13-14H,5-8H2. The van der Waals surface area contributed by atoms with Crippen molar-refractivity contribution in [1.82, 2.24) is 10.0 Å². The summed E-state index contributed by atoms with van der Waals surface area (Å²) < 4.78 is 32.7. The van der Waals surface area contributed by atoms with Crippen LogP contribution in [0.1, 0.15) is 0 Å². The molecule has 0 spiro atoms. The zero-order valence-corrected chi connectivity index (χ0v) is 12.1. The molecule has 18 heavy (non-hydrogen) atoms. The molecule has 1 heterocycles. The summed E-state index contributed by atoms with van der Waals surface area (Å²) in [4.78, 5) is 0.244. The van der Waals surface area contributed by atoms with E-state index in [1.807, 2.05) is 0 Å². The minimum absolute atomic E-state index is 0.115. The molecular weight excluding hydrogens is 320 g/mol. The number of benzene rings is 1. The number of sulfonamides is 1. The lowest BCUT2D eigenvalue weighted by molar-refractivity contribution is 0.0324. The predicted octanol–water partition coefficient (Wildman–Crippen LogP) is 0.716. The van der Waals surface area contributed by atoms with Gasteiger partial charge in [-0.1, -0.05) is 12.1 Å².